The first-order chi connectivity index (χ1) is 8.77. The van der Waals surface area contributed by atoms with Gasteiger partial charge in [-0.3, -0.25) is 4.98 Å². The lowest BCUT2D eigenvalue weighted by atomic mass is 10.1. The monoisotopic (exact) mass is 243 g/mol. The first-order valence-electron chi connectivity index (χ1n) is 6.66. The van der Waals surface area contributed by atoms with Crippen LogP contribution < -0.4 is 10.6 Å². The molecule has 18 heavy (non-hydrogen) atoms. The number of anilines is 2. The summed E-state index contributed by atoms with van der Waals surface area (Å²) in [6.07, 6.45) is 4.21. The summed E-state index contributed by atoms with van der Waals surface area (Å²) < 4.78 is 0. The van der Waals surface area contributed by atoms with Crippen LogP contribution in [0.5, 0.6) is 0 Å². The maximum atomic E-state index is 5.99. The molecule has 0 atom stereocenters. The number of nitrogen functional groups attached to an aromatic ring is 1. The zero-order valence-corrected chi connectivity index (χ0v) is 11.2. The van der Waals surface area contributed by atoms with Crippen molar-refractivity contribution < 1.29 is 0 Å². The summed E-state index contributed by atoms with van der Waals surface area (Å²) in [5.74, 6) is 0. The van der Waals surface area contributed by atoms with Crippen molar-refractivity contribution in [2.24, 2.45) is 0 Å². The zero-order chi connectivity index (χ0) is 13.0. The number of nitrogens with two attached hydrogens (primary N) is 1. The third-order valence-corrected chi connectivity index (χ3v) is 3.28. The predicted molar refractivity (Wildman–Crippen MR) is 79.0 cm³/mol. The minimum atomic E-state index is 0.751. The van der Waals surface area contributed by atoms with Crippen LogP contribution in [0.2, 0.25) is 0 Å². The maximum absolute atomic E-state index is 5.99. The molecule has 2 rings (SSSR count). The van der Waals surface area contributed by atoms with Gasteiger partial charge in [-0.25, -0.2) is 0 Å². The van der Waals surface area contributed by atoms with Gasteiger partial charge in [0, 0.05) is 30.4 Å². The van der Waals surface area contributed by atoms with Crippen LogP contribution in [-0.2, 0) is 0 Å². The smallest absolute Gasteiger partial charge is 0.0951 e. The molecule has 3 heteroatoms. The van der Waals surface area contributed by atoms with Crippen molar-refractivity contribution in [2.45, 2.75) is 26.7 Å². The molecular formula is C15H21N3. The van der Waals surface area contributed by atoms with E-state index in [0.717, 1.165) is 29.7 Å². The lowest BCUT2D eigenvalue weighted by Gasteiger charge is -2.24. The first kappa shape index (κ1) is 12.7. The number of benzene rings is 1. The fourth-order valence-corrected chi connectivity index (χ4v) is 2.25. The Labute approximate surface area is 109 Å². The van der Waals surface area contributed by atoms with Crippen LogP contribution in [0.1, 0.15) is 26.7 Å². The summed E-state index contributed by atoms with van der Waals surface area (Å²) in [7, 11) is 0. The SMILES string of the molecule is CCCCN(CC)c1ccc(N)c2ncccc12. The number of pyridine rings is 1. The Morgan fingerprint density at radius 3 is 2.78 bits per heavy atom. The zero-order valence-electron chi connectivity index (χ0n) is 11.2. The molecule has 0 saturated heterocycles. The van der Waals surface area contributed by atoms with E-state index in [1.807, 2.05) is 12.1 Å². The van der Waals surface area contributed by atoms with Gasteiger partial charge < -0.3 is 10.6 Å². The minimum absolute atomic E-state index is 0.751. The molecule has 0 aliphatic heterocycles. The Bertz CT molecular complexity index is 522. The maximum Gasteiger partial charge on any atom is 0.0951 e. The number of unbranched alkanes of at least 4 members (excludes halogenated alkanes) is 1. The van der Waals surface area contributed by atoms with Crippen LogP contribution in [0.25, 0.3) is 10.9 Å². The summed E-state index contributed by atoms with van der Waals surface area (Å²) in [4.78, 5) is 6.78. The highest BCUT2D eigenvalue weighted by Gasteiger charge is 2.10. The Balaban J connectivity index is 2.46. The van der Waals surface area contributed by atoms with Crippen LogP contribution in [-0.4, -0.2) is 18.1 Å². The van der Waals surface area contributed by atoms with Gasteiger partial charge in [0.05, 0.1) is 11.2 Å². The first-order valence-corrected chi connectivity index (χ1v) is 6.66. The van der Waals surface area contributed by atoms with Crippen molar-refractivity contribution in [3.05, 3.63) is 30.5 Å². The predicted octanol–water partition coefficient (Wildman–Crippen LogP) is 3.44. The largest absolute Gasteiger partial charge is 0.397 e. The fraction of sp³-hybridized carbons (Fsp3) is 0.400. The standard InChI is InChI=1S/C15H21N3/c1-3-5-11-18(4-2)14-9-8-13(16)15-12(14)7-6-10-17-15/h6-10H,3-5,11,16H2,1-2H3. The molecular weight excluding hydrogens is 222 g/mol. The van der Waals surface area contributed by atoms with E-state index in [0.29, 0.717) is 0 Å². The minimum Gasteiger partial charge on any atom is -0.397 e. The van der Waals surface area contributed by atoms with Crippen molar-refractivity contribution in [2.75, 3.05) is 23.7 Å². The van der Waals surface area contributed by atoms with Gasteiger partial charge in [0.1, 0.15) is 0 Å². The van der Waals surface area contributed by atoms with Crippen LogP contribution in [0.4, 0.5) is 11.4 Å². The lowest BCUT2D eigenvalue weighted by Crippen LogP contribution is -2.24. The van der Waals surface area contributed by atoms with Crippen LogP contribution in [0, 0.1) is 0 Å². The molecule has 0 bridgehead atoms. The van der Waals surface area contributed by atoms with Gasteiger partial charge in [0.25, 0.3) is 0 Å². The molecule has 1 aromatic heterocycles. The number of hydrogen-bond donors (Lipinski definition) is 1. The average molecular weight is 243 g/mol. The molecule has 0 amide bonds. The number of aromatic nitrogens is 1. The molecule has 0 aliphatic rings. The van der Waals surface area contributed by atoms with E-state index in [1.54, 1.807) is 6.20 Å². The molecule has 96 valence electrons. The molecule has 0 aliphatic carbocycles. The summed E-state index contributed by atoms with van der Waals surface area (Å²) in [5, 5.41) is 1.15. The summed E-state index contributed by atoms with van der Waals surface area (Å²) >= 11 is 0. The normalized spacial score (nSPS) is 10.8. The molecule has 0 radical (unpaired) electrons. The fourth-order valence-electron chi connectivity index (χ4n) is 2.25. The van der Waals surface area contributed by atoms with Crippen molar-refractivity contribution in [3.63, 3.8) is 0 Å². The summed E-state index contributed by atoms with van der Waals surface area (Å²) in [6.45, 7) is 6.50. The van der Waals surface area contributed by atoms with Crippen LogP contribution in [0.3, 0.4) is 0 Å². The summed E-state index contributed by atoms with van der Waals surface area (Å²) in [5.41, 5.74) is 8.88. The quantitative estimate of drug-likeness (QED) is 0.818. The molecule has 0 saturated carbocycles. The second-order valence-corrected chi connectivity index (χ2v) is 4.51. The van der Waals surface area contributed by atoms with Crippen molar-refractivity contribution in [1.82, 2.24) is 4.98 Å². The highest BCUT2D eigenvalue weighted by molar-refractivity contribution is 5.98. The van der Waals surface area contributed by atoms with Gasteiger partial charge in [-0.1, -0.05) is 13.3 Å². The van der Waals surface area contributed by atoms with Gasteiger partial charge in [-0.2, -0.15) is 0 Å². The molecule has 0 fully saturated rings. The Kier molecular flexibility index (Phi) is 4.03. The van der Waals surface area contributed by atoms with E-state index in [4.69, 9.17) is 5.73 Å². The Morgan fingerprint density at radius 2 is 2.06 bits per heavy atom. The molecule has 1 heterocycles. The number of fused-ring (bicyclic) bond motifs is 1. The molecule has 0 spiro atoms. The van der Waals surface area contributed by atoms with Crippen molar-refractivity contribution in [1.29, 1.82) is 0 Å². The molecule has 1 aromatic carbocycles. The van der Waals surface area contributed by atoms with Gasteiger partial charge in [0.15, 0.2) is 0 Å². The summed E-state index contributed by atoms with van der Waals surface area (Å²) in [6, 6.07) is 8.14. The van der Waals surface area contributed by atoms with Crippen LogP contribution >= 0.6 is 0 Å². The van der Waals surface area contributed by atoms with Crippen LogP contribution in [0.15, 0.2) is 30.5 Å². The second kappa shape index (κ2) is 5.71. The lowest BCUT2D eigenvalue weighted by molar-refractivity contribution is 0.734. The average Bonchev–Trinajstić information content (AvgIpc) is 2.42. The molecule has 3 nitrogen and oxygen atoms in total. The molecule has 2 N–H and O–H groups in total. The van der Waals surface area contributed by atoms with Gasteiger partial charge in [-0.05, 0) is 37.6 Å². The second-order valence-electron chi connectivity index (χ2n) is 4.51. The van der Waals surface area contributed by atoms with Gasteiger partial charge in [-0.15, -0.1) is 0 Å². The van der Waals surface area contributed by atoms with E-state index < -0.39 is 0 Å². The molecule has 2 aromatic rings. The number of hydrogen-bond acceptors (Lipinski definition) is 3. The number of nitrogens with zero attached hydrogens (tertiary/aromatic N) is 2. The topological polar surface area (TPSA) is 42.1 Å². The number of rotatable bonds is 5. The Hall–Kier alpha value is -1.77. The van der Waals surface area contributed by atoms with E-state index in [2.05, 4.69) is 35.9 Å². The Morgan fingerprint density at radius 1 is 1.22 bits per heavy atom. The van der Waals surface area contributed by atoms with Gasteiger partial charge >= 0.3 is 0 Å². The van der Waals surface area contributed by atoms with E-state index in [1.165, 1.54) is 18.5 Å². The van der Waals surface area contributed by atoms with E-state index in [9.17, 15) is 0 Å². The van der Waals surface area contributed by atoms with E-state index >= 15 is 0 Å². The van der Waals surface area contributed by atoms with Gasteiger partial charge in [0.2, 0.25) is 0 Å². The molecule has 0 unspecified atom stereocenters. The highest BCUT2D eigenvalue weighted by Crippen LogP contribution is 2.29. The highest BCUT2D eigenvalue weighted by atomic mass is 15.1. The van der Waals surface area contributed by atoms with E-state index in [-0.39, 0.29) is 0 Å². The third kappa shape index (κ3) is 2.40. The van der Waals surface area contributed by atoms with Crippen molar-refractivity contribution in [3.8, 4) is 0 Å². The third-order valence-electron chi connectivity index (χ3n) is 3.28. The van der Waals surface area contributed by atoms with Crippen molar-refractivity contribution >= 4 is 22.3 Å².